The van der Waals surface area contributed by atoms with E-state index in [0.717, 1.165) is 0 Å². The molecule has 1 atom stereocenters. The van der Waals surface area contributed by atoms with Gasteiger partial charge >= 0.3 is 6.61 Å². The molecule has 0 fully saturated rings. The zero-order valence-corrected chi connectivity index (χ0v) is 10.6. The first kappa shape index (κ1) is 13.4. The van der Waals surface area contributed by atoms with Crippen molar-refractivity contribution in [2.75, 3.05) is 0 Å². The second-order valence-electron chi connectivity index (χ2n) is 3.03. The number of benzene rings is 1. The van der Waals surface area contributed by atoms with E-state index in [2.05, 4.69) is 20.7 Å². The van der Waals surface area contributed by atoms with E-state index >= 15 is 0 Å². The molecular weight excluding hydrogens is 305 g/mol. The summed E-state index contributed by atoms with van der Waals surface area (Å²) in [6, 6.07) is 4.23. The molecule has 88 valence electrons. The highest BCUT2D eigenvalue weighted by molar-refractivity contribution is 9.09. The van der Waals surface area contributed by atoms with Crippen LogP contribution in [0.25, 0.3) is 0 Å². The lowest BCUT2D eigenvalue weighted by atomic mass is 10.1. The van der Waals surface area contributed by atoms with Crippen molar-refractivity contribution in [2.45, 2.75) is 18.4 Å². The number of Topliss-reactive ketones (excluding diaryl/α,β-unsaturated/α-hetero) is 1. The number of alkyl halides is 3. The summed E-state index contributed by atoms with van der Waals surface area (Å²) in [5.41, 5.74) is 0.331. The van der Waals surface area contributed by atoms with E-state index in [1.807, 2.05) is 0 Å². The van der Waals surface area contributed by atoms with Gasteiger partial charge in [-0.05, 0) is 19.1 Å². The molecule has 0 radical (unpaired) electrons. The molecule has 1 aromatic rings. The zero-order valence-electron chi connectivity index (χ0n) is 8.22. The Balaban J connectivity index is 3.11. The first-order valence-electron chi connectivity index (χ1n) is 4.30. The number of hydrogen-bond donors (Lipinski definition) is 0. The Morgan fingerprint density at radius 2 is 2.12 bits per heavy atom. The van der Waals surface area contributed by atoms with Crippen LogP contribution in [0.4, 0.5) is 8.78 Å². The summed E-state index contributed by atoms with van der Waals surface area (Å²) >= 11 is 8.76. The van der Waals surface area contributed by atoms with Crippen LogP contribution in [-0.4, -0.2) is 12.4 Å². The smallest absolute Gasteiger partial charge is 0.387 e. The summed E-state index contributed by atoms with van der Waals surface area (Å²) in [6.45, 7) is -1.61. The van der Waals surface area contributed by atoms with Crippen molar-refractivity contribution in [3.63, 3.8) is 0 Å². The number of hydrogen-bond acceptors (Lipinski definition) is 2. The van der Waals surface area contributed by atoms with Crippen LogP contribution in [0.5, 0.6) is 5.75 Å². The molecule has 0 N–H and O–H groups in total. The minimum atomic E-state index is -2.95. The fourth-order valence-corrected chi connectivity index (χ4v) is 1.67. The summed E-state index contributed by atoms with van der Waals surface area (Å²) in [6.07, 6.45) is 0. The first-order valence-corrected chi connectivity index (χ1v) is 5.60. The van der Waals surface area contributed by atoms with Gasteiger partial charge in [-0.2, -0.15) is 8.78 Å². The molecule has 0 aromatic heterocycles. The number of carbonyl (C=O) groups is 1. The van der Waals surface area contributed by atoms with Gasteiger partial charge in [0.25, 0.3) is 0 Å². The van der Waals surface area contributed by atoms with Crippen LogP contribution in [0.2, 0.25) is 5.02 Å². The molecule has 0 aliphatic carbocycles. The lowest BCUT2D eigenvalue weighted by Crippen LogP contribution is -2.08. The molecule has 0 heterocycles. The van der Waals surface area contributed by atoms with E-state index < -0.39 is 11.4 Å². The molecule has 1 aromatic carbocycles. The van der Waals surface area contributed by atoms with Crippen LogP contribution in [0, 0.1) is 0 Å². The van der Waals surface area contributed by atoms with Crippen molar-refractivity contribution in [3.8, 4) is 5.75 Å². The topological polar surface area (TPSA) is 26.3 Å². The monoisotopic (exact) mass is 312 g/mol. The zero-order chi connectivity index (χ0) is 12.3. The number of ether oxygens (including phenoxy) is 1. The third-order valence-electron chi connectivity index (χ3n) is 1.82. The second-order valence-corrected chi connectivity index (χ2v) is 4.39. The van der Waals surface area contributed by atoms with Crippen molar-refractivity contribution in [2.24, 2.45) is 0 Å². The van der Waals surface area contributed by atoms with Gasteiger partial charge < -0.3 is 4.74 Å². The largest absolute Gasteiger partial charge is 0.434 e. The highest BCUT2D eigenvalue weighted by atomic mass is 79.9. The summed E-state index contributed by atoms with van der Waals surface area (Å²) in [7, 11) is 0. The highest BCUT2D eigenvalue weighted by Crippen LogP contribution is 2.34. The number of halogens is 4. The molecule has 2 nitrogen and oxygen atoms in total. The summed E-state index contributed by atoms with van der Waals surface area (Å²) in [5.74, 6) is -0.305. The van der Waals surface area contributed by atoms with Crippen LogP contribution in [0.3, 0.4) is 0 Å². The average molecular weight is 314 g/mol. The van der Waals surface area contributed by atoms with Gasteiger partial charge in [0.15, 0.2) is 0 Å². The Bertz CT molecular complexity index is 398. The van der Waals surface area contributed by atoms with Crippen molar-refractivity contribution >= 4 is 33.3 Å². The molecule has 1 rings (SSSR count). The highest BCUT2D eigenvalue weighted by Gasteiger charge is 2.19. The minimum absolute atomic E-state index is 0.0976. The quantitative estimate of drug-likeness (QED) is 0.786. The Kier molecular flexibility index (Phi) is 4.68. The molecule has 0 saturated heterocycles. The molecule has 0 spiro atoms. The Morgan fingerprint density at radius 3 is 2.62 bits per heavy atom. The SMILES string of the molecule is CC(=O)C(Br)c1ccc(Cl)cc1OC(F)F. The third kappa shape index (κ3) is 3.42. The number of ketones is 1. The predicted molar refractivity (Wildman–Crippen MR) is 60.4 cm³/mol. The van der Waals surface area contributed by atoms with Crippen molar-refractivity contribution in [3.05, 3.63) is 28.8 Å². The molecule has 16 heavy (non-hydrogen) atoms. The standard InChI is InChI=1S/C10H8BrClF2O2/c1-5(15)9(11)7-3-2-6(12)4-8(7)16-10(13)14/h2-4,9-10H,1H3. The van der Waals surface area contributed by atoms with Crippen LogP contribution in [0.15, 0.2) is 18.2 Å². The fraction of sp³-hybridized carbons (Fsp3) is 0.300. The molecule has 0 aliphatic heterocycles. The van der Waals surface area contributed by atoms with E-state index in [1.54, 1.807) is 0 Å². The number of rotatable bonds is 4. The lowest BCUT2D eigenvalue weighted by molar-refractivity contribution is -0.116. The summed E-state index contributed by atoms with van der Waals surface area (Å²) in [4.78, 5) is 10.5. The third-order valence-corrected chi connectivity index (χ3v) is 3.19. The lowest BCUT2D eigenvalue weighted by Gasteiger charge is -2.13. The molecule has 0 aliphatic rings. The van der Waals surface area contributed by atoms with Gasteiger partial charge in [-0.3, -0.25) is 4.79 Å². The van der Waals surface area contributed by atoms with Gasteiger partial charge in [-0.1, -0.05) is 33.6 Å². The molecule has 0 amide bonds. The van der Waals surface area contributed by atoms with Crippen molar-refractivity contribution in [1.82, 2.24) is 0 Å². The van der Waals surface area contributed by atoms with E-state index in [1.165, 1.54) is 25.1 Å². The van der Waals surface area contributed by atoms with Gasteiger partial charge in [0, 0.05) is 10.6 Å². The predicted octanol–water partition coefficient (Wildman–Crippen LogP) is 3.97. The maximum Gasteiger partial charge on any atom is 0.387 e. The second kappa shape index (κ2) is 5.59. The van der Waals surface area contributed by atoms with E-state index in [0.29, 0.717) is 5.56 Å². The minimum Gasteiger partial charge on any atom is -0.434 e. The van der Waals surface area contributed by atoms with Gasteiger partial charge in [-0.25, -0.2) is 0 Å². The van der Waals surface area contributed by atoms with Gasteiger partial charge in [0.1, 0.15) is 16.4 Å². The molecule has 0 saturated carbocycles. The van der Waals surface area contributed by atoms with Crippen molar-refractivity contribution in [1.29, 1.82) is 0 Å². The van der Waals surface area contributed by atoms with Gasteiger partial charge in [0.05, 0.1) is 0 Å². The Labute approximate surface area is 105 Å². The average Bonchev–Trinajstić information content (AvgIpc) is 2.15. The van der Waals surface area contributed by atoms with E-state index in [9.17, 15) is 13.6 Å². The molecule has 1 unspecified atom stereocenters. The number of carbonyl (C=O) groups excluding carboxylic acids is 1. The van der Waals surface area contributed by atoms with Gasteiger partial charge in [-0.15, -0.1) is 0 Å². The molecular formula is C10H8BrClF2O2. The summed E-state index contributed by atoms with van der Waals surface area (Å²) < 4.78 is 28.6. The summed E-state index contributed by atoms with van der Waals surface area (Å²) in [5, 5.41) is 0.266. The maximum absolute atomic E-state index is 12.1. The normalized spacial score (nSPS) is 12.6. The van der Waals surface area contributed by atoms with Gasteiger partial charge in [0.2, 0.25) is 0 Å². The fourth-order valence-electron chi connectivity index (χ4n) is 1.13. The van der Waals surface area contributed by atoms with E-state index in [4.69, 9.17) is 11.6 Å². The van der Waals surface area contributed by atoms with Crippen LogP contribution in [0.1, 0.15) is 17.3 Å². The van der Waals surface area contributed by atoms with Crippen LogP contribution < -0.4 is 4.74 Å². The van der Waals surface area contributed by atoms with Crippen LogP contribution >= 0.6 is 27.5 Å². The molecule has 6 heteroatoms. The van der Waals surface area contributed by atoms with Crippen LogP contribution in [-0.2, 0) is 4.79 Å². The first-order chi connectivity index (χ1) is 7.41. The van der Waals surface area contributed by atoms with Crippen molar-refractivity contribution < 1.29 is 18.3 Å². The Morgan fingerprint density at radius 1 is 1.50 bits per heavy atom. The molecule has 0 bridgehead atoms. The maximum atomic E-state index is 12.1. The van der Waals surface area contributed by atoms with E-state index in [-0.39, 0.29) is 16.6 Å². The Hall–Kier alpha value is -0.680.